The third kappa shape index (κ3) is 2.92. The number of hydrogen-bond donors (Lipinski definition) is 0. The highest BCUT2D eigenvalue weighted by molar-refractivity contribution is 9.10. The molecule has 0 spiro atoms. The van der Waals surface area contributed by atoms with Crippen molar-refractivity contribution in [3.63, 3.8) is 0 Å². The van der Waals surface area contributed by atoms with Crippen LogP contribution in [0.5, 0.6) is 0 Å². The molecule has 0 aliphatic rings. The molecule has 0 aromatic heterocycles. The molecule has 0 nitrogen and oxygen atoms in total. The summed E-state index contributed by atoms with van der Waals surface area (Å²) in [5, 5.41) is -1.25. The summed E-state index contributed by atoms with van der Waals surface area (Å²) in [7, 11) is 0. The van der Waals surface area contributed by atoms with E-state index in [1.165, 1.54) is 12.1 Å². The monoisotopic (exact) mass is 352 g/mol. The molecule has 0 radical (unpaired) electrons. The number of halogens is 6. The molecule has 0 aliphatic carbocycles. The van der Waals surface area contributed by atoms with E-state index in [4.69, 9.17) is 11.6 Å². The van der Waals surface area contributed by atoms with Gasteiger partial charge < -0.3 is 0 Å². The van der Waals surface area contributed by atoms with Gasteiger partial charge in [0.05, 0.1) is 5.38 Å². The summed E-state index contributed by atoms with van der Waals surface area (Å²) in [6.45, 7) is 0. The van der Waals surface area contributed by atoms with Gasteiger partial charge in [-0.2, -0.15) is 0 Å². The normalized spacial score (nSPS) is 12.5. The molecule has 1 unspecified atom stereocenters. The number of alkyl halides is 1. The minimum atomic E-state index is -1.32. The molecular weight excluding hydrogens is 347 g/mol. The highest BCUT2D eigenvalue weighted by atomic mass is 79.9. The fourth-order valence-electron chi connectivity index (χ4n) is 1.61. The smallest absolute Gasteiger partial charge is 0.161 e. The SMILES string of the molecule is Fc1cc(F)c(C(Cl)c2ccc(Br)cc2F)cc1F. The van der Waals surface area contributed by atoms with Crippen LogP contribution in [0.15, 0.2) is 34.8 Å². The van der Waals surface area contributed by atoms with Crippen molar-refractivity contribution >= 4 is 27.5 Å². The van der Waals surface area contributed by atoms with Gasteiger partial charge in [-0.15, -0.1) is 11.6 Å². The van der Waals surface area contributed by atoms with Crippen LogP contribution in [-0.4, -0.2) is 0 Å². The van der Waals surface area contributed by atoms with E-state index in [-0.39, 0.29) is 11.1 Å². The van der Waals surface area contributed by atoms with Crippen molar-refractivity contribution < 1.29 is 17.6 Å². The maximum absolute atomic E-state index is 13.7. The highest BCUT2D eigenvalue weighted by Crippen LogP contribution is 2.34. The van der Waals surface area contributed by atoms with E-state index in [1.54, 1.807) is 0 Å². The lowest BCUT2D eigenvalue weighted by atomic mass is 10.0. The van der Waals surface area contributed by atoms with Crippen molar-refractivity contribution in [2.75, 3.05) is 0 Å². The maximum Gasteiger partial charge on any atom is 0.161 e. The van der Waals surface area contributed by atoms with Crippen LogP contribution in [0.25, 0.3) is 0 Å². The molecule has 0 amide bonds. The second-order valence-electron chi connectivity index (χ2n) is 3.82. The summed E-state index contributed by atoms with van der Waals surface area (Å²) in [6, 6.07) is 5.03. The van der Waals surface area contributed by atoms with Crippen LogP contribution in [0.4, 0.5) is 17.6 Å². The molecule has 0 fully saturated rings. The van der Waals surface area contributed by atoms with Gasteiger partial charge >= 0.3 is 0 Å². The van der Waals surface area contributed by atoms with E-state index in [2.05, 4.69) is 15.9 Å². The Morgan fingerprint density at radius 3 is 2.00 bits per heavy atom. The maximum atomic E-state index is 13.7. The zero-order valence-electron chi connectivity index (χ0n) is 9.23. The number of hydrogen-bond acceptors (Lipinski definition) is 0. The van der Waals surface area contributed by atoms with E-state index < -0.39 is 28.6 Å². The van der Waals surface area contributed by atoms with Crippen LogP contribution < -0.4 is 0 Å². The largest absolute Gasteiger partial charge is 0.207 e. The Hall–Kier alpha value is -1.07. The number of rotatable bonds is 2. The van der Waals surface area contributed by atoms with Crippen molar-refractivity contribution in [1.82, 2.24) is 0 Å². The summed E-state index contributed by atoms with van der Waals surface area (Å²) in [6.07, 6.45) is 0. The van der Waals surface area contributed by atoms with Crippen LogP contribution in [0, 0.1) is 23.3 Å². The standard InChI is InChI=1S/C13H6BrClF4/c14-6-1-2-7(9(16)3-6)13(15)8-4-11(18)12(19)5-10(8)17/h1-5,13H. The quantitative estimate of drug-likeness (QED) is 0.389. The summed E-state index contributed by atoms with van der Waals surface area (Å²) >= 11 is 9.00. The lowest BCUT2D eigenvalue weighted by molar-refractivity contribution is 0.490. The van der Waals surface area contributed by atoms with Gasteiger partial charge in [-0.1, -0.05) is 22.0 Å². The first-order chi connectivity index (χ1) is 8.90. The van der Waals surface area contributed by atoms with Crippen molar-refractivity contribution in [2.24, 2.45) is 0 Å². The van der Waals surface area contributed by atoms with Gasteiger partial charge in [0.1, 0.15) is 11.6 Å². The molecular formula is C13H6BrClF4. The van der Waals surface area contributed by atoms with Crippen molar-refractivity contribution in [2.45, 2.75) is 5.38 Å². The first-order valence-corrected chi connectivity index (χ1v) is 6.36. The van der Waals surface area contributed by atoms with Crippen molar-refractivity contribution in [3.8, 4) is 0 Å². The highest BCUT2D eigenvalue weighted by Gasteiger charge is 2.21. The Balaban J connectivity index is 2.49. The van der Waals surface area contributed by atoms with Gasteiger partial charge in [0.2, 0.25) is 0 Å². The minimum Gasteiger partial charge on any atom is -0.207 e. The lowest BCUT2D eigenvalue weighted by Crippen LogP contribution is -2.02. The van der Waals surface area contributed by atoms with Crippen LogP contribution in [0.1, 0.15) is 16.5 Å². The second-order valence-corrected chi connectivity index (χ2v) is 5.17. The van der Waals surface area contributed by atoms with Gasteiger partial charge in [-0.3, -0.25) is 0 Å². The Labute approximate surface area is 120 Å². The predicted molar refractivity (Wildman–Crippen MR) is 68.1 cm³/mol. The average Bonchev–Trinajstić information content (AvgIpc) is 2.33. The van der Waals surface area contributed by atoms with Crippen molar-refractivity contribution in [1.29, 1.82) is 0 Å². The zero-order valence-corrected chi connectivity index (χ0v) is 11.6. The lowest BCUT2D eigenvalue weighted by Gasteiger charge is -2.13. The summed E-state index contributed by atoms with van der Waals surface area (Å²) in [5.41, 5.74) is -0.337. The molecule has 0 saturated heterocycles. The molecule has 0 heterocycles. The van der Waals surface area contributed by atoms with Gasteiger partial charge in [-0.25, -0.2) is 17.6 Å². The molecule has 0 saturated carbocycles. The fourth-order valence-corrected chi connectivity index (χ4v) is 2.28. The molecule has 0 aliphatic heterocycles. The van der Waals surface area contributed by atoms with Crippen molar-refractivity contribution in [3.05, 3.63) is 69.2 Å². The molecule has 100 valence electrons. The third-order valence-electron chi connectivity index (χ3n) is 2.55. The molecule has 0 N–H and O–H groups in total. The van der Waals surface area contributed by atoms with Crippen LogP contribution in [-0.2, 0) is 0 Å². The Morgan fingerprint density at radius 2 is 1.37 bits per heavy atom. The Kier molecular flexibility index (Phi) is 4.16. The molecule has 6 heteroatoms. The number of benzene rings is 2. The summed E-state index contributed by atoms with van der Waals surface area (Å²) in [4.78, 5) is 0. The van der Waals surface area contributed by atoms with Gasteiger partial charge in [0.25, 0.3) is 0 Å². The van der Waals surface area contributed by atoms with Gasteiger partial charge in [0.15, 0.2) is 11.6 Å². The van der Waals surface area contributed by atoms with Gasteiger partial charge in [0, 0.05) is 21.7 Å². The minimum absolute atomic E-state index is 0.0187. The van der Waals surface area contributed by atoms with E-state index >= 15 is 0 Å². The molecule has 19 heavy (non-hydrogen) atoms. The summed E-state index contributed by atoms with van der Waals surface area (Å²) < 4.78 is 53.7. The summed E-state index contributed by atoms with van der Waals surface area (Å²) in [5.74, 6) is -4.25. The van der Waals surface area contributed by atoms with E-state index in [0.717, 1.165) is 6.07 Å². The second kappa shape index (κ2) is 5.51. The molecule has 2 rings (SSSR count). The van der Waals surface area contributed by atoms with E-state index in [9.17, 15) is 17.6 Å². The third-order valence-corrected chi connectivity index (χ3v) is 3.51. The average molecular weight is 354 g/mol. The topological polar surface area (TPSA) is 0 Å². The first-order valence-electron chi connectivity index (χ1n) is 5.13. The van der Waals surface area contributed by atoms with Crippen LogP contribution >= 0.6 is 27.5 Å². The van der Waals surface area contributed by atoms with Crippen LogP contribution in [0.3, 0.4) is 0 Å². The Bertz CT molecular complexity index is 630. The molecule has 2 aromatic rings. The zero-order chi connectivity index (χ0) is 14.2. The van der Waals surface area contributed by atoms with E-state index in [1.807, 2.05) is 0 Å². The molecule has 2 aromatic carbocycles. The Morgan fingerprint density at radius 1 is 0.789 bits per heavy atom. The molecule has 1 atom stereocenters. The fraction of sp³-hybridized carbons (Fsp3) is 0.0769. The predicted octanol–water partition coefficient (Wildman–Crippen LogP) is 5.33. The first kappa shape index (κ1) is 14.3. The van der Waals surface area contributed by atoms with Crippen LogP contribution in [0.2, 0.25) is 0 Å². The van der Waals surface area contributed by atoms with Gasteiger partial charge in [-0.05, 0) is 18.2 Å². The molecule has 0 bridgehead atoms. The van der Waals surface area contributed by atoms with E-state index in [0.29, 0.717) is 16.6 Å².